The molecule has 1 aliphatic heterocycles. The summed E-state index contributed by atoms with van der Waals surface area (Å²) >= 11 is 0. The largest absolute Gasteiger partial charge is 0.468 e. The van der Waals surface area contributed by atoms with Gasteiger partial charge >= 0.3 is 6.03 Å². The molecule has 4 unspecified atom stereocenters. The summed E-state index contributed by atoms with van der Waals surface area (Å²) in [5, 5.41) is 16.3. The van der Waals surface area contributed by atoms with Crippen LogP contribution in [0.2, 0.25) is 0 Å². The summed E-state index contributed by atoms with van der Waals surface area (Å²) in [5.41, 5.74) is 1.97. The zero-order chi connectivity index (χ0) is 26.0. The van der Waals surface area contributed by atoms with Crippen molar-refractivity contribution in [2.24, 2.45) is 17.8 Å². The Morgan fingerprint density at radius 1 is 0.917 bits per heavy atom. The maximum absolute atomic E-state index is 12.4. The van der Waals surface area contributed by atoms with E-state index in [2.05, 4.69) is 17.6 Å². The average Bonchev–Trinajstić information content (AvgIpc) is 2.87. The number of hydrogen-bond acceptors (Lipinski definition) is 4. The van der Waals surface area contributed by atoms with Crippen molar-refractivity contribution in [1.29, 1.82) is 0 Å². The summed E-state index contributed by atoms with van der Waals surface area (Å²) in [6.45, 7) is 5.16. The van der Waals surface area contributed by atoms with Crippen molar-refractivity contribution in [2.75, 3.05) is 13.2 Å². The van der Waals surface area contributed by atoms with Crippen molar-refractivity contribution in [3.8, 4) is 0 Å². The molecule has 0 spiro atoms. The molecule has 36 heavy (non-hydrogen) atoms. The van der Waals surface area contributed by atoms with E-state index in [0.717, 1.165) is 37.0 Å². The molecule has 0 radical (unpaired) electrons. The van der Waals surface area contributed by atoms with E-state index in [1.165, 1.54) is 83.5 Å². The lowest BCUT2D eigenvalue weighted by Crippen LogP contribution is -2.55. The summed E-state index contributed by atoms with van der Waals surface area (Å²) in [7, 11) is 0. The number of nitrogens with one attached hydrogen (secondary N) is 2. The Labute approximate surface area is 220 Å². The standard InChI is InChI=1S/C30H54N2O4/c1-3-4-5-6-7-8-9-10-11-12-13-14-15-17-25-18-16-19-26(22-33)28(25)29-27(20-21-36-23-34)24(2)31-30(35)32-29/h23,25-26,28-29,33H,3-22H2,1-2H3,(H2,31,32,35). The molecule has 4 atom stereocenters. The van der Waals surface area contributed by atoms with E-state index in [9.17, 15) is 14.7 Å². The second-order valence-electron chi connectivity index (χ2n) is 11.2. The van der Waals surface area contributed by atoms with E-state index in [-0.39, 0.29) is 30.5 Å². The Morgan fingerprint density at radius 3 is 2.08 bits per heavy atom. The SMILES string of the molecule is CCCCCCCCCCCCCCCC1CCCC(CO)C1C1NC(=O)NC(C)=C1CCOC=O. The van der Waals surface area contributed by atoms with Crippen molar-refractivity contribution in [1.82, 2.24) is 10.6 Å². The Kier molecular flexibility index (Phi) is 15.9. The van der Waals surface area contributed by atoms with Crippen LogP contribution in [-0.4, -0.2) is 36.9 Å². The van der Waals surface area contributed by atoms with E-state index >= 15 is 0 Å². The molecule has 2 aliphatic rings. The van der Waals surface area contributed by atoms with Crippen LogP contribution < -0.4 is 10.6 Å². The molecule has 2 rings (SSSR count). The normalized spacial score (nSPS) is 24.4. The van der Waals surface area contributed by atoms with Crippen LogP contribution in [0.5, 0.6) is 0 Å². The fourth-order valence-corrected chi connectivity index (χ4v) is 6.57. The van der Waals surface area contributed by atoms with Gasteiger partial charge in [0.15, 0.2) is 0 Å². The molecule has 0 aromatic rings. The van der Waals surface area contributed by atoms with Gasteiger partial charge in [0.2, 0.25) is 0 Å². The van der Waals surface area contributed by atoms with E-state index < -0.39 is 0 Å². The number of carbonyl (C=O) groups is 2. The highest BCUT2D eigenvalue weighted by atomic mass is 16.5. The number of aliphatic hydroxyl groups excluding tert-OH is 1. The van der Waals surface area contributed by atoms with Gasteiger partial charge in [-0.1, -0.05) is 110 Å². The first kappa shape index (κ1) is 30.7. The van der Waals surface area contributed by atoms with Gasteiger partial charge in [0.05, 0.1) is 12.6 Å². The number of ether oxygens (including phenoxy) is 1. The Morgan fingerprint density at radius 2 is 1.50 bits per heavy atom. The maximum Gasteiger partial charge on any atom is 0.319 e. The van der Waals surface area contributed by atoms with E-state index in [1.807, 2.05) is 6.92 Å². The number of aliphatic hydroxyl groups is 1. The highest BCUT2D eigenvalue weighted by Crippen LogP contribution is 2.42. The predicted octanol–water partition coefficient (Wildman–Crippen LogP) is 7.01. The van der Waals surface area contributed by atoms with Crippen molar-refractivity contribution in [2.45, 2.75) is 135 Å². The molecule has 0 aromatic carbocycles. The number of urea groups is 1. The molecule has 3 N–H and O–H groups in total. The number of allylic oxidation sites excluding steroid dienone is 1. The molecule has 1 heterocycles. The van der Waals surface area contributed by atoms with Gasteiger partial charge in [-0.25, -0.2) is 4.79 Å². The summed E-state index contributed by atoms with van der Waals surface area (Å²) in [4.78, 5) is 23.0. The van der Waals surface area contributed by atoms with Crippen LogP contribution in [0.25, 0.3) is 0 Å². The average molecular weight is 507 g/mol. The van der Waals surface area contributed by atoms with E-state index in [0.29, 0.717) is 25.4 Å². The van der Waals surface area contributed by atoms with Gasteiger partial charge in [-0.3, -0.25) is 4.79 Å². The quantitative estimate of drug-likeness (QED) is 0.122. The fourth-order valence-electron chi connectivity index (χ4n) is 6.57. The fraction of sp³-hybridized carbons (Fsp3) is 0.867. The Hall–Kier alpha value is -1.56. The Balaban J connectivity index is 1.78. The summed E-state index contributed by atoms with van der Waals surface area (Å²) in [6, 6.07) is -0.266. The minimum absolute atomic E-state index is 0.0987. The molecule has 1 saturated carbocycles. The lowest BCUT2D eigenvalue weighted by molar-refractivity contribution is -0.128. The van der Waals surface area contributed by atoms with Crippen LogP contribution in [0.3, 0.4) is 0 Å². The molecule has 0 bridgehead atoms. The monoisotopic (exact) mass is 506 g/mol. The van der Waals surface area contributed by atoms with Gasteiger partial charge in [-0.15, -0.1) is 0 Å². The summed E-state index contributed by atoms with van der Waals surface area (Å²) in [6.07, 6.45) is 22.7. The first-order valence-corrected chi connectivity index (χ1v) is 15.1. The minimum atomic E-state index is -0.167. The molecular weight excluding hydrogens is 452 g/mol. The topological polar surface area (TPSA) is 87.7 Å². The van der Waals surface area contributed by atoms with Crippen LogP contribution in [0.15, 0.2) is 11.3 Å². The van der Waals surface area contributed by atoms with Gasteiger partial charge in [0.25, 0.3) is 6.47 Å². The van der Waals surface area contributed by atoms with E-state index in [1.54, 1.807) is 0 Å². The van der Waals surface area contributed by atoms with Crippen molar-refractivity contribution < 1.29 is 19.4 Å². The van der Waals surface area contributed by atoms with Gasteiger partial charge in [-0.2, -0.15) is 0 Å². The predicted molar refractivity (Wildman–Crippen MR) is 147 cm³/mol. The van der Waals surface area contributed by atoms with Crippen LogP contribution in [0.1, 0.15) is 129 Å². The van der Waals surface area contributed by atoms with Crippen LogP contribution in [0, 0.1) is 17.8 Å². The molecule has 0 aromatic heterocycles. The lowest BCUT2D eigenvalue weighted by Gasteiger charge is -2.45. The molecule has 6 heteroatoms. The first-order chi connectivity index (χ1) is 17.6. The van der Waals surface area contributed by atoms with Crippen molar-refractivity contribution >= 4 is 12.5 Å². The van der Waals surface area contributed by atoms with Gasteiger partial charge in [0, 0.05) is 18.7 Å². The second-order valence-corrected chi connectivity index (χ2v) is 11.2. The van der Waals surface area contributed by atoms with Gasteiger partial charge < -0.3 is 20.5 Å². The third kappa shape index (κ3) is 10.8. The van der Waals surface area contributed by atoms with Gasteiger partial charge in [-0.05, 0) is 36.7 Å². The molecule has 0 saturated heterocycles. The van der Waals surface area contributed by atoms with Crippen molar-refractivity contribution in [3.63, 3.8) is 0 Å². The van der Waals surface area contributed by atoms with Gasteiger partial charge in [0.1, 0.15) is 0 Å². The molecule has 1 aliphatic carbocycles. The summed E-state index contributed by atoms with van der Waals surface area (Å²) < 4.78 is 4.98. The minimum Gasteiger partial charge on any atom is -0.468 e. The molecule has 2 amide bonds. The highest BCUT2D eigenvalue weighted by Gasteiger charge is 2.41. The zero-order valence-corrected chi connectivity index (χ0v) is 23.2. The maximum atomic E-state index is 12.4. The highest BCUT2D eigenvalue weighted by molar-refractivity contribution is 5.78. The lowest BCUT2D eigenvalue weighted by atomic mass is 9.65. The van der Waals surface area contributed by atoms with E-state index in [4.69, 9.17) is 4.74 Å². The van der Waals surface area contributed by atoms with Crippen molar-refractivity contribution in [3.05, 3.63) is 11.3 Å². The molecular formula is C30H54N2O4. The number of amides is 2. The molecule has 208 valence electrons. The smallest absolute Gasteiger partial charge is 0.319 e. The van der Waals surface area contributed by atoms with Crippen LogP contribution >= 0.6 is 0 Å². The summed E-state index contributed by atoms with van der Waals surface area (Å²) in [5.74, 6) is 0.930. The first-order valence-electron chi connectivity index (χ1n) is 15.1. The Bertz CT molecular complexity index is 651. The number of unbranched alkanes of at least 4 members (excludes halogenated alkanes) is 12. The van der Waals surface area contributed by atoms with Crippen LogP contribution in [-0.2, 0) is 9.53 Å². The number of carbonyl (C=O) groups excluding carboxylic acids is 2. The molecule has 6 nitrogen and oxygen atoms in total. The zero-order valence-electron chi connectivity index (χ0n) is 23.2. The van der Waals surface area contributed by atoms with Crippen LogP contribution in [0.4, 0.5) is 4.79 Å². The molecule has 1 fully saturated rings. The third-order valence-electron chi connectivity index (χ3n) is 8.54. The number of hydrogen-bond donors (Lipinski definition) is 3. The second kappa shape index (κ2) is 18.6. The number of rotatable bonds is 20. The third-order valence-corrected chi connectivity index (χ3v) is 8.54.